The minimum absolute atomic E-state index is 0.0121. The highest BCUT2D eigenvalue weighted by molar-refractivity contribution is 7.91. The second kappa shape index (κ2) is 7.64. The van der Waals surface area contributed by atoms with Gasteiger partial charge in [0.15, 0.2) is 9.84 Å². The van der Waals surface area contributed by atoms with E-state index in [0.29, 0.717) is 19.5 Å². The van der Waals surface area contributed by atoms with Gasteiger partial charge in [0.05, 0.1) is 11.5 Å². The topological polar surface area (TPSA) is 74.8 Å². The lowest BCUT2D eigenvalue weighted by Gasteiger charge is -2.41. The predicted octanol–water partition coefficient (Wildman–Crippen LogP) is 1.84. The van der Waals surface area contributed by atoms with Crippen LogP contribution in [0.5, 0.6) is 0 Å². The molecule has 2 saturated heterocycles. The fourth-order valence-corrected chi connectivity index (χ4v) is 5.82. The van der Waals surface area contributed by atoms with Crippen molar-refractivity contribution >= 4 is 21.7 Å². The van der Waals surface area contributed by atoms with Crippen molar-refractivity contribution in [2.75, 3.05) is 24.6 Å². The highest BCUT2D eigenvalue weighted by atomic mass is 32.2. The van der Waals surface area contributed by atoms with Crippen molar-refractivity contribution in [3.63, 3.8) is 0 Å². The fourth-order valence-electron chi connectivity index (χ4n) is 4.09. The molecule has 0 radical (unpaired) electrons. The Bertz CT molecular complexity index is 615. The molecule has 0 aromatic carbocycles. The van der Waals surface area contributed by atoms with E-state index in [-0.39, 0.29) is 35.4 Å². The molecule has 0 aromatic heterocycles. The van der Waals surface area contributed by atoms with Crippen LogP contribution in [-0.2, 0) is 19.4 Å². The van der Waals surface area contributed by atoms with Gasteiger partial charge in [-0.05, 0) is 52.9 Å². The van der Waals surface area contributed by atoms with Crippen LogP contribution >= 0.6 is 0 Å². The maximum absolute atomic E-state index is 13.2. The standard InChI is InChI=1S/C18H32N2O4S/c1-5-14-9-7-8-11-20(14)17(22)18(3,4)16(21)19(6-2)15-10-12-25(23,24)13-15/h14-15H,5-13H2,1-4H3. The van der Waals surface area contributed by atoms with Crippen LogP contribution in [0.25, 0.3) is 0 Å². The third-order valence-corrected chi connectivity index (χ3v) is 7.43. The first-order chi connectivity index (χ1) is 11.6. The quantitative estimate of drug-likeness (QED) is 0.690. The average Bonchev–Trinajstić information content (AvgIpc) is 2.94. The summed E-state index contributed by atoms with van der Waals surface area (Å²) < 4.78 is 23.6. The molecule has 0 aliphatic carbocycles. The number of piperidine rings is 1. The first-order valence-electron chi connectivity index (χ1n) is 9.46. The first kappa shape index (κ1) is 20.2. The molecule has 7 heteroatoms. The Morgan fingerprint density at radius 2 is 1.84 bits per heavy atom. The molecule has 6 nitrogen and oxygen atoms in total. The van der Waals surface area contributed by atoms with Crippen molar-refractivity contribution in [3.05, 3.63) is 0 Å². The number of likely N-dealkylation sites (tertiary alicyclic amines) is 1. The number of carbonyl (C=O) groups excluding carboxylic acids is 2. The summed E-state index contributed by atoms with van der Waals surface area (Å²) in [7, 11) is -3.07. The van der Waals surface area contributed by atoms with Crippen LogP contribution < -0.4 is 0 Å². The largest absolute Gasteiger partial charge is 0.339 e. The van der Waals surface area contributed by atoms with Crippen molar-refractivity contribution in [3.8, 4) is 0 Å². The third-order valence-electron chi connectivity index (χ3n) is 5.68. The van der Waals surface area contributed by atoms with Gasteiger partial charge in [0.25, 0.3) is 0 Å². The second-order valence-electron chi connectivity index (χ2n) is 7.83. The van der Waals surface area contributed by atoms with E-state index in [4.69, 9.17) is 0 Å². The van der Waals surface area contributed by atoms with Crippen LogP contribution in [0.15, 0.2) is 0 Å². The summed E-state index contributed by atoms with van der Waals surface area (Å²) >= 11 is 0. The van der Waals surface area contributed by atoms with Crippen LogP contribution in [0.2, 0.25) is 0 Å². The van der Waals surface area contributed by atoms with E-state index in [0.717, 1.165) is 25.7 Å². The highest BCUT2D eigenvalue weighted by Crippen LogP contribution is 2.30. The van der Waals surface area contributed by atoms with E-state index in [9.17, 15) is 18.0 Å². The SMILES string of the molecule is CCC1CCCCN1C(=O)C(C)(C)C(=O)N(CC)C1CCS(=O)(=O)C1. The average molecular weight is 373 g/mol. The lowest BCUT2D eigenvalue weighted by molar-refractivity contribution is -0.157. The Labute approximate surface area is 151 Å². The molecular formula is C18H32N2O4S. The van der Waals surface area contributed by atoms with Gasteiger partial charge in [-0.15, -0.1) is 0 Å². The van der Waals surface area contributed by atoms with Gasteiger partial charge in [0.1, 0.15) is 5.41 Å². The monoisotopic (exact) mass is 372 g/mol. The summed E-state index contributed by atoms with van der Waals surface area (Å²) in [6, 6.07) is -0.104. The molecule has 144 valence electrons. The molecule has 2 amide bonds. The summed E-state index contributed by atoms with van der Waals surface area (Å²) in [6.07, 6.45) is 4.45. The maximum Gasteiger partial charge on any atom is 0.237 e. The Morgan fingerprint density at radius 1 is 1.16 bits per heavy atom. The number of hydrogen-bond donors (Lipinski definition) is 0. The van der Waals surface area contributed by atoms with E-state index in [1.165, 1.54) is 0 Å². The van der Waals surface area contributed by atoms with Crippen molar-refractivity contribution in [1.82, 2.24) is 9.80 Å². The molecule has 0 N–H and O–H groups in total. The zero-order valence-electron chi connectivity index (χ0n) is 16.0. The smallest absolute Gasteiger partial charge is 0.237 e. The summed E-state index contributed by atoms with van der Waals surface area (Å²) in [5.74, 6) is -0.233. The molecule has 0 aromatic rings. The van der Waals surface area contributed by atoms with E-state index in [1.807, 2.05) is 11.8 Å². The Morgan fingerprint density at radius 3 is 2.36 bits per heavy atom. The van der Waals surface area contributed by atoms with Crippen LogP contribution in [0.1, 0.15) is 59.8 Å². The van der Waals surface area contributed by atoms with Crippen LogP contribution in [-0.4, -0.2) is 66.7 Å². The molecular weight excluding hydrogens is 340 g/mol. The van der Waals surface area contributed by atoms with Gasteiger partial charge in [0.2, 0.25) is 11.8 Å². The Kier molecular flexibility index (Phi) is 6.17. The van der Waals surface area contributed by atoms with Gasteiger partial charge in [-0.25, -0.2) is 8.42 Å². The Hall–Kier alpha value is -1.11. The molecule has 2 atom stereocenters. The second-order valence-corrected chi connectivity index (χ2v) is 10.1. The Balaban J connectivity index is 2.18. The van der Waals surface area contributed by atoms with E-state index in [2.05, 4.69) is 6.92 Å². The molecule has 2 heterocycles. The number of hydrogen-bond acceptors (Lipinski definition) is 4. The summed E-state index contributed by atoms with van der Waals surface area (Å²) in [6.45, 7) is 8.42. The third kappa shape index (κ3) is 4.18. The molecule has 0 spiro atoms. The summed E-state index contributed by atoms with van der Waals surface area (Å²) in [5.41, 5.74) is -1.16. The van der Waals surface area contributed by atoms with Crippen molar-refractivity contribution < 1.29 is 18.0 Å². The van der Waals surface area contributed by atoms with E-state index >= 15 is 0 Å². The molecule has 2 rings (SSSR count). The first-order valence-corrected chi connectivity index (χ1v) is 11.3. The maximum atomic E-state index is 13.2. The molecule has 2 aliphatic heterocycles. The minimum Gasteiger partial charge on any atom is -0.339 e. The van der Waals surface area contributed by atoms with Gasteiger partial charge in [-0.3, -0.25) is 9.59 Å². The van der Waals surface area contributed by atoms with Gasteiger partial charge < -0.3 is 9.80 Å². The van der Waals surface area contributed by atoms with Crippen LogP contribution in [0.3, 0.4) is 0 Å². The molecule has 2 fully saturated rings. The van der Waals surface area contributed by atoms with Crippen LogP contribution in [0, 0.1) is 5.41 Å². The van der Waals surface area contributed by atoms with E-state index in [1.54, 1.807) is 18.7 Å². The van der Waals surface area contributed by atoms with Gasteiger partial charge in [-0.1, -0.05) is 6.92 Å². The predicted molar refractivity (Wildman–Crippen MR) is 97.9 cm³/mol. The number of amides is 2. The van der Waals surface area contributed by atoms with Gasteiger partial charge >= 0.3 is 0 Å². The summed E-state index contributed by atoms with van der Waals surface area (Å²) in [5, 5.41) is 0. The molecule has 0 bridgehead atoms. The van der Waals surface area contributed by atoms with Crippen molar-refractivity contribution in [2.45, 2.75) is 71.9 Å². The number of rotatable bonds is 5. The molecule has 2 unspecified atom stereocenters. The normalized spacial score (nSPS) is 26.5. The zero-order chi connectivity index (χ0) is 18.8. The van der Waals surface area contributed by atoms with Crippen molar-refractivity contribution in [1.29, 1.82) is 0 Å². The highest BCUT2D eigenvalue weighted by Gasteiger charge is 2.46. The molecule has 0 saturated carbocycles. The zero-order valence-corrected chi connectivity index (χ0v) is 16.8. The number of nitrogens with zero attached hydrogens (tertiary/aromatic N) is 2. The number of sulfone groups is 1. The minimum atomic E-state index is -3.07. The lowest BCUT2D eigenvalue weighted by atomic mass is 9.86. The van der Waals surface area contributed by atoms with Crippen LogP contribution in [0.4, 0.5) is 0 Å². The van der Waals surface area contributed by atoms with Gasteiger partial charge in [-0.2, -0.15) is 0 Å². The van der Waals surface area contributed by atoms with Gasteiger partial charge in [0, 0.05) is 25.2 Å². The molecule has 25 heavy (non-hydrogen) atoms. The fraction of sp³-hybridized carbons (Fsp3) is 0.889. The summed E-state index contributed by atoms with van der Waals surface area (Å²) in [4.78, 5) is 29.8. The molecule has 2 aliphatic rings. The lowest BCUT2D eigenvalue weighted by Crippen LogP contribution is -2.56. The van der Waals surface area contributed by atoms with Crippen molar-refractivity contribution in [2.24, 2.45) is 5.41 Å². The number of carbonyl (C=O) groups is 2. The van der Waals surface area contributed by atoms with E-state index < -0.39 is 15.3 Å².